The molecule has 1 aromatic carbocycles. The maximum absolute atomic E-state index is 13.1. The van der Waals surface area contributed by atoms with E-state index in [1.165, 1.54) is 12.1 Å². The quantitative estimate of drug-likeness (QED) is 0.917. The van der Waals surface area contributed by atoms with Crippen molar-refractivity contribution in [2.45, 2.75) is 19.9 Å². The Kier molecular flexibility index (Phi) is 3.71. The Balaban J connectivity index is 2.27. The molecule has 0 aliphatic heterocycles. The molecule has 1 N–H and O–H groups in total. The summed E-state index contributed by atoms with van der Waals surface area (Å²) >= 11 is 0. The molecule has 0 bridgehead atoms. The first-order valence-electron chi connectivity index (χ1n) is 5.85. The van der Waals surface area contributed by atoms with Crippen LogP contribution in [0.25, 0.3) is 0 Å². The average Bonchev–Trinajstić information content (AvgIpc) is 2.41. The van der Waals surface area contributed by atoms with Crippen LogP contribution in [-0.4, -0.2) is 9.97 Å². The molecule has 0 radical (unpaired) electrons. The smallest absolute Gasteiger partial charge is 0.124 e. The molecule has 1 aromatic heterocycles. The summed E-state index contributed by atoms with van der Waals surface area (Å²) in [6, 6.07) is 5.93. The van der Waals surface area contributed by atoms with Gasteiger partial charge in [-0.2, -0.15) is 5.26 Å². The number of nitriles is 1. The van der Waals surface area contributed by atoms with Crippen molar-refractivity contribution < 1.29 is 4.39 Å². The monoisotopic (exact) mass is 256 g/mol. The fraction of sp³-hybridized carbons (Fsp3) is 0.214. The zero-order valence-electron chi connectivity index (χ0n) is 10.7. The van der Waals surface area contributed by atoms with Crippen molar-refractivity contribution in [2.75, 3.05) is 5.32 Å². The second kappa shape index (κ2) is 5.44. The van der Waals surface area contributed by atoms with E-state index in [9.17, 15) is 4.39 Å². The Labute approximate surface area is 110 Å². The van der Waals surface area contributed by atoms with Crippen LogP contribution >= 0.6 is 0 Å². The van der Waals surface area contributed by atoms with Crippen LogP contribution in [0.1, 0.15) is 29.9 Å². The molecular weight excluding hydrogens is 243 g/mol. The summed E-state index contributed by atoms with van der Waals surface area (Å²) in [6.45, 7) is 3.79. The predicted molar refractivity (Wildman–Crippen MR) is 69.9 cm³/mol. The number of hydrogen-bond acceptors (Lipinski definition) is 4. The molecule has 0 aliphatic carbocycles. The highest BCUT2D eigenvalue weighted by Crippen LogP contribution is 2.22. The first-order chi connectivity index (χ1) is 9.11. The molecule has 1 atom stereocenters. The van der Waals surface area contributed by atoms with E-state index in [4.69, 9.17) is 5.26 Å². The molecule has 0 amide bonds. The fourth-order valence-corrected chi connectivity index (χ4v) is 1.88. The SMILES string of the molecule is Cc1nccnc1C(C)Nc1ccc(F)cc1C#N. The van der Waals surface area contributed by atoms with Crippen LogP contribution in [0.5, 0.6) is 0 Å². The highest BCUT2D eigenvalue weighted by atomic mass is 19.1. The Hall–Kier alpha value is -2.48. The van der Waals surface area contributed by atoms with E-state index in [1.54, 1.807) is 18.5 Å². The molecule has 0 spiro atoms. The van der Waals surface area contributed by atoms with Gasteiger partial charge in [0.2, 0.25) is 0 Å². The van der Waals surface area contributed by atoms with E-state index in [2.05, 4.69) is 15.3 Å². The van der Waals surface area contributed by atoms with Crippen LogP contribution in [0.4, 0.5) is 10.1 Å². The van der Waals surface area contributed by atoms with Crippen LogP contribution in [0.15, 0.2) is 30.6 Å². The van der Waals surface area contributed by atoms with Gasteiger partial charge in [0.1, 0.15) is 11.9 Å². The lowest BCUT2D eigenvalue weighted by Crippen LogP contribution is -2.12. The largest absolute Gasteiger partial charge is 0.376 e. The third kappa shape index (κ3) is 2.86. The number of aromatic nitrogens is 2. The van der Waals surface area contributed by atoms with Crippen molar-refractivity contribution in [1.82, 2.24) is 9.97 Å². The first-order valence-corrected chi connectivity index (χ1v) is 5.85. The van der Waals surface area contributed by atoms with Gasteiger partial charge in [0, 0.05) is 12.4 Å². The third-order valence-electron chi connectivity index (χ3n) is 2.80. The molecule has 1 unspecified atom stereocenters. The second-order valence-corrected chi connectivity index (χ2v) is 4.19. The molecule has 0 fully saturated rings. The standard InChI is InChI=1S/C14H13FN4/c1-9-14(18-6-5-17-9)10(2)19-13-4-3-12(15)7-11(13)8-16/h3-7,10,19H,1-2H3. The maximum atomic E-state index is 13.1. The van der Waals surface area contributed by atoms with Crippen molar-refractivity contribution in [2.24, 2.45) is 0 Å². The van der Waals surface area contributed by atoms with Crippen LogP contribution in [-0.2, 0) is 0 Å². The van der Waals surface area contributed by atoms with E-state index in [-0.39, 0.29) is 11.6 Å². The number of benzene rings is 1. The van der Waals surface area contributed by atoms with Crippen LogP contribution in [0.3, 0.4) is 0 Å². The van der Waals surface area contributed by atoms with E-state index in [0.717, 1.165) is 11.4 Å². The van der Waals surface area contributed by atoms with Gasteiger partial charge in [0.15, 0.2) is 0 Å². The number of nitrogens with zero attached hydrogens (tertiary/aromatic N) is 3. The van der Waals surface area contributed by atoms with Crippen molar-refractivity contribution >= 4 is 5.69 Å². The Morgan fingerprint density at radius 2 is 2.05 bits per heavy atom. The molecule has 5 heteroatoms. The molecule has 0 saturated heterocycles. The average molecular weight is 256 g/mol. The molecule has 0 saturated carbocycles. The number of rotatable bonds is 3. The topological polar surface area (TPSA) is 61.6 Å². The lowest BCUT2D eigenvalue weighted by atomic mass is 10.1. The van der Waals surface area contributed by atoms with Crippen molar-refractivity contribution in [3.63, 3.8) is 0 Å². The lowest BCUT2D eigenvalue weighted by Gasteiger charge is -2.16. The molecule has 1 heterocycles. The summed E-state index contributed by atoms with van der Waals surface area (Å²) in [5, 5.41) is 12.2. The summed E-state index contributed by atoms with van der Waals surface area (Å²) in [6.07, 6.45) is 3.25. The Morgan fingerprint density at radius 1 is 1.32 bits per heavy atom. The number of halogens is 1. The molecular formula is C14H13FN4. The zero-order chi connectivity index (χ0) is 13.8. The van der Waals surface area contributed by atoms with E-state index in [1.807, 2.05) is 19.9 Å². The second-order valence-electron chi connectivity index (χ2n) is 4.19. The van der Waals surface area contributed by atoms with Gasteiger partial charge in [-0.05, 0) is 32.0 Å². The third-order valence-corrected chi connectivity index (χ3v) is 2.80. The Morgan fingerprint density at radius 3 is 2.74 bits per heavy atom. The fourth-order valence-electron chi connectivity index (χ4n) is 1.88. The maximum Gasteiger partial charge on any atom is 0.124 e. The van der Waals surface area contributed by atoms with Crippen LogP contribution in [0.2, 0.25) is 0 Å². The number of hydrogen-bond donors (Lipinski definition) is 1. The molecule has 2 aromatic rings. The predicted octanol–water partition coefficient (Wildman–Crippen LogP) is 2.97. The summed E-state index contributed by atoms with van der Waals surface area (Å²) < 4.78 is 13.1. The van der Waals surface area contributed by atoms with E-state index in [0.29, 0.717) is 5.69 Å². The normalized spacial score (nSPS) is 11.7. The van der Waals surface area contributed by atoms with Gasteiger partial charge in [-0.15, -0.1) is 0 Å². The highest BCUT2D eigenvalue weighted by molar-refractivity contribution is 5.58. The van der Waals surface area contributed by atoms with Crippen LogP contribution < -0.4 is 5.32 Å². The van der Waals surface area contributed by atoms with Gasteiger partial charge in [0.25, 0.3) is 0 Å². The van der Waals surface area contributed by atoms with Crippen molar-refractivity contribution in [3.05, 3.63) is 53.4 Å². The van der Waals surface area contributed by atoms with Gasteiger partial charge < -0.3 is 5.32 Å². The summed E-state index contributed by atoms with van der Waals surface area (Å²) in [5.41, 5.74) is 2.48. The number of aryl methyl sites for hydroxylation is 1. The van der Waals surface area contributed by atoms with Crippen LogP contribution in [0, 0.1) is 24.1 Å². The van der Waals surface area contributed by atoms with Gasteiger partial charge in [0.05, 0.1) is 28.7 Å². The number of nitrogens with one attached hydrogen (secondary N) is 1. The number of anilines is 1. The molecule has 0 aliphatic rings. The molecule has 2 rings (SSSR count). The first kappa shape index (κ1) is 13.0. The zero-order valence-corrected chi connectivity index (χ0v) is 10.7. The molecule has 19 heavy (non-hydrogen) atoms. The van der Waals surface area contributed by atoms with Crippen molar-refractivity contribution in [3.8, 4) is 6.07 Å². The molecule has 96 valence electrons. The highest BCUT2D eigenvalue weighted by Gasteiger charge is 2.12. The summed E-state index contributed by atoms with van der Waals surface area (Å²) in [7, 11) is 0. The van der Waals surface area contributed by atoms with Gasteiger partial charge in [-0.3, -0.25) is 9.97 Å². The lowest BCUT2D eigenvalue weighted by molar-refractivity contribution is 0.627. The van der Waals surface area contributed by atoms with E-state index < -0.39 is 5.82 Å². The Bertz CT molecular complexity index is 634. The minimum atomic E-state index is -0.426. The summed E-state index contributed by atoms with van der Waals surface area (Å²) in [4.78, 5) is 8.44. The summed E-state index contributed by atoms with van der Waals surface area (Å²) in [5.74, 6) is -0.426. The minimum Gasteiger partial charge on any atom is -0.376 e. The van der Waals surface area contributed by atoms with Gasteiger partial charge in [-0.1, -0.05) is 0 Å². The van der Waals surface area contributed by atoms with Gasteiger partial charge in [-0.25, -0.2) is 4.39 Å². The van der Waals surface area contributed by atoms with E-state index >= 15 is 0 Å². The van der Waals surface area contributed by atoms with Crippen molar-refractivity contribution in [1.29, 1.82) is 5.26 Å². The minimum absolute atomic E-state index is 0.119. The molecule has 4 nitrogen and oxygen atoms in total. The van der Waals surface area contributed by atoms with Gasteiger partial charge >= 0.3 is 0 Å².